The Balaban J connectivity index is 1.91. The molecule has 0 bridgehead atoms. The van der Waals surface area contributed by atoms with Crippen LogP contribution in [0.4, 0.5) is 15.8 Å². The zero-order valence-corrected chi connectivity index (χ0v) is 14.9. The molecule has 1 saturated heterocycles. The lowest BCUT2D eigenvalue weighted by Crippen LogP contribution is -2.23. The van der Waals surface area contributed by atoms with Gasteiger partial charge < -0.3 is 0 Å². The molecule has 0 aliphatic carbocycles. The summed E-state index contributed by atoms with van der Waals surface area (Å²) in [5.74, 6) is -0.657. The van der Waals surface area contributed by atoms with Crippen molar-refractivity contribution in [2.75, 3.05) is 7.05 Å². The Morgan fingerprint density at radius 1 is 1.27 bits per heavy atom. The van der Waals surface area contributed by atoms with Crippen molar-refractivity contribution < 1.29 is 14.1 Å². The number of halogens is 2. The highest BCUT2D eigenvalue weighted by molar-refractivity contribution is 8.18. The van der Waals surface area contributed by atoms with Gasteiger partial charge in [0.15, 0.2) is 5.17 Å². The third-order valence-corrected chi connectivity index (χ3v) is 4.90. The standard InChI is InChI=1S/C17H11ClFN3O3S/c1-21-16(23)15(9-10-2-7-13(18)14(8-10)22(24)25)26-17(21)20-12-5-3-11(19)4-6-12/h2-9H,1H3/b15-9+,20-17?. The molecular formula is C17H11ClFN3O3S. The summed E-state index contributed by atoms with van der Waals surface area (Å²) in [5, 5.41) is 11.4. The van der Waals surface area contributed by atoms with Gasteiger partial charge in [-0.3, -0.25) is 19.8 Å². The molecule has 0 saturated carbocycles. The van der Waals surface area contributed by atoms with Crippen LogP contribution in [0.1, 0.15) is 5.56 Å². The third-order valence-electron chi connectivity index (χ3n) is 3.52. The molecule has 26 heavy (non-hydrogen) atoms. The van der Waals surface area contributed by atoms with Crippen LogP contribution < -0.4 is 0 Å². The molecule has 2 aromatic carbocycles. The van der Waals surface area contributed by atoms with Crippen molar-refractivity contribution in [2.24, 2.45) is 4.99 Å². The van der Waals surface area contributed by atoms with E-state index in [1.165, 1.54) is 41.3 Å². The van der Waals surface area contributed by atoms with Gasteiger partial charge in [0.2, 0.25) is 0 Å². The second-order valence-electron chi connectivity index (χ2n) is 5.31. The van der Waals surface area contributed by atoms with E-state index in [9.17, 15) is 19.3 Å². The molecule has 2 aromatic rings. The largest absolute Gasteiger partial charge is 0.290 e. The summed E-state index contributed by atoms with van der Waals surface area (Å²) in [6.45, 7) is 0. The van der Waals surface area contributed by atoms with Crippen molar-refractivity contribution in [1.82, 2.24) is 4.90 Å². The second kappa shape index (κ2) is 7.27. The molecule has 1 aliphatic heterocycles. The lowest BCUT2D eigenvalue weighted by Gasteiger charge is -2.06. The number of nitro benzene ring substituents is 1. The first-order chi connectivity index (χ1) is 12.3. The summed E-state index contributed by atoms with van der Waals surface area (Å²) in [6, 6.07) is 9.88. The van der Waals surface area contributed by atoms with Gasteiger partial charge in [0.1, 0.15) is 10.8 Å². The Morgan fingerprint density at radius 3 is 2.62 bits per heavy atom. The zero-order chi connectivity index (χ0) is 18.8. The molecule has 0 unspecified atom stereocenters. The quantitative estimate of drug-likeness (QED) is 0.434. The SMILES string of the molecule is CN1C(=O)/C(=C\c2ccc(Cl)c([N+](=O)[O-])c2)SC1=Nc1ccc(F)cc1. The molecule has 0 atom stereocenters. The van der Waals surface area contributed by atoms with Crippen LogP contribution in [0.2, 0.25) is 5.02 Å². The molecular weight excluding hydrogens is 381 g/mol. The Hall–Kier alpha value is -2.71. The molecule has 1 aliphatic rings. The van der Waals surface area contributed by atoms with Crippen LogP contribution in [0.15, 0.2) is 52.4 Å². The van der Waals surface area contributed by atoms with E-state index in [4.69, 9.17) is 11.6 Å². The average Bonchev–Trinajstić information content (AvgIpc) is 2.86. The van der Waals surface area contributed by atoms with Gasteiger partial charge in [0, 0.05) is 13.1 Å². The van der Waals surface area contributed by atoms with Gasteiger partial charge in [0.05, 0.1) is 15.5 Å². The van der Waals surface area contributed by atoms with E-state index in [1.54, 1.807) is 19.2 Å². The minimum atomic E-state index is -0.582. The number of aliphatic imine (C=N–C) groups is 1. The van der Waals surface area contributed by atoms with E-state index in [0.717, 1.165) is 11.8 Å². The van der Waals surface area contributed by atoms with Crippen molar-refractivity contribution in [3.63, 3.8) is 0 Å². The van der Waals surface area contributed by atoms with Crippen LogP contribution in [0, 0.1) is 15.9 Å². The number of nitrogens with zero attached hydrogens (tertiary/aromatic N) is 3. The molecule has 0 N–H and O–H groups in total. The average molecular weight is 392 g/mol. The third kappa shape index (κ3) is 3.76. The van der Waals surface area contributed by atoms with Gasteiger partial charge >= 0.3 is 0 Å². The lowest BCUT2D eigenvalue weighted by atomic mass is 10.2. The monoisotopic (exact) mass is 391 g/mol. The number of rotatable bonds is 3. The van der Waals surface area contributed by atoms with Crippen LogP contribution in [0.25, 0.3) is 6.08 Å². The predicted molar refractivity (Wildman–Crippen MR) is 99.9 cm³/mol. The molecule has 6 nitrogen and oxygen atoms in total. The van der Waals surface area contributed by atoms with Gasteiger partial charge in [-0.05, 0) is 53.7 Å². The summed E-state index contributed by atoms with van der Waals surface area (Å²) in [4.78, 5) is 28.8. The first kappa shape index (κ1) is 18.1. The minimum absolute atomic E-state index is 0.0261. The van der Waals surface area contributed by atoms with Crippen molar-refractivity contribution in [2.45, 2.75) is 0 Å². The number of nitro groups is 1. The van der Waals surface area contributed by atoms with E-state index in [-0.39, 0.29) is 22.4 Å². The molecule has 1 amide bonds. The number of benzene rings is 2. The van der Waals surface area contributed by atoms with Crippen LogP contribution in [-0.2, 0) is 4.79 Å². The van der Waals surface area contributed by atoms with Gasteiger partial charge in [-0.15, -0.1) is 0 Å². The molecule has 1 heterocycles. The first-order valence-corrected chi connectivity index (χ1v) is 8.50. The Kier molecular flexibility index (Phi) is 5.06. The Labute approximate surface area is 157 Å². The number of amides is 1. The van der Waals surface area contributed by atoms with Crippen LogP contribution in [-0.4, -0.2) is 27.9 Å². The maximum atomic E-state index is 13.0. The number of carbonyl (C=O) groups excluding carboxylic acids is 1. The van der Waals surface area contributed by atoms with E-state index < -0.39 is 4.92 Å². The fourth-order valence-electron chi connectivity index (χ4n) is 2.19. The van der Waals surface area contributed by atoms with Crippen molar-refractivity contribution in [3.05, 3.63) is 73.9 Å². The molecule has 132 valence electrons. The van der Waals surface area contributed by atoms with Crippen LogP contribution in [0.5, 0.6) is 0 Å². The summed E-state index contributed by atoms with van der Waals surface area (Å²) in [7, 11) is 1.57. The normalized spacial score (nSPS) is 17.3. The molecule has 0 aromatic heterocycles. The number of carbonyl (C=O) groups is 1. The number of thioether (sulfide) groups is 1. The minimum Gasteiger partial charge on any atom is -0.290 e. The predicted octanol–water partition coefficient (Wildman–Crippen LogP) is 4.62. The van der Waals surface area contributed by atoms with Crippen molar-refractivity contribution in [3.8, 4) is 0 Å². The summed E-state index contributed by atoms with van der Waals surface area (Å²) in [6.07, 6.45) is 1.54. The summed E-state index contributed by atoms with van der Waals surface area (Å²) >= 11 is 6.93. The topological polar surface area (TPSA) is 75.8 Å². The molecule has 0 radical (unpaired) electrons. The second-order valence-corrected chi connectivity index (χ2v) is 6.73. The maximum Gasteiger partial charge on any atom is 0.288 e. The van der Waals surface area contributed by atoms with Crippen molar-refractivity contribution >= 4 is 51.9 Å². The lowest BCUT2D eigenvalue weighted by molar-refractivity contribution is -0.384. The van der Waals surface area contributed by atoms with Gasteiger partial charge in [-0.1, -0.05) is 17.7 Å². The van der Waals surface area contributed by atoms with Gasteiger partial charge in [-0.2, -0.15) is 0 Å². The highest BCUT2D eigenvalue weighted by Gasteiger charge is 2.30. The molecule has 3 rings (SSSR count). The number of likely N-dealkylation sites (N-methyl/N-ethyl adjacent to an activating group) is 1. The Morgan fingerprint density at radius 2 is 1.96 bits per heavy atom. The smallest absolute Gasteiger partial charge is 0.288 e. The molecule has 9 heteroatoms. The molecule has 0 spiro atoms. The first-order valence-electron chi connectivity index (χ1n) is 7.31. The van der Waals surface area contributed by atoms with Crippen LogP contribution in [0.3, 0.4) is 0 Å². The maximum absolute atomic E-state index is 13.0. The number of amidine groups is 1. The van der Waals surface area contributed by atoms with Gasteiger partial charge in [0.25, 0.3) is 11.6 Å². The van der Waals surface area contributed by atoms with E-state index >= 15 is 0 Å². The fraction of sp³-hybridized carbons (Fsp3) is 0.0588. The van der Waals surface area contributed by atoms with Crippen molar-refractivity contribution in [1.29, 1.82) is 0 Å². The molecule has 1 fully saturated rings. The highest BCUT2D eigenvalue weighted by atomic mass is 35.5. The van der Waals surface area contributed by atoms with Crippen LogP contribution >= 0.6 is 23.4 Å². The Bertz CT molecular complexity index is 960. The fourth-order valence-corrected chi connectivity index (χ4v) is 3.36. The van der Waals surface area contributed by atoms with Gasteiger partial charge in [-0.25, -0.2) is 9.38 Å². The number of hydrogen-bond acceptors (Lipinski definition) is 5. The highest BCUT2D eigenvalue weighted by Crippen LogP contribution is 2.34. The van der Waals surface area contributed by atoms with E-state index in [0.29, 0.717) is 21.3 Å². The summed E-state index contributed by atoms with van der Waals surface area (Å²) < 4.78 is 13.0. The zero-order valence-electron chi connectivity index (χ0n) is 13.3. The van der Waals surface area contributed by atoms with E-state index in [1.807, 2.05) is 0 Å². The van der Waals surface area contributed by atoms with E-state index in [2.05, 4.69) is 4.99 Å². The summed E-state index contributed by atoms with van der Waals surface area (Å²) in [5.41, 5.74) is 0.760. The number of hydrogen-bond donors (Lipinski definition) is 0.